The van der Waals surface area contributed by atoms with E-state index >= 15 is 0 Å². The van der Waals surface area contributed by atoms with Crippen molar-refractivity contribution in [2.45, 2.75) is 19.9 Å². The van der Waals surface area contributed by atoms with Gasteiger partial charge in [0.15, 0.2) is 0 Å². The molecule has 13 heavy (non-hydrogen) atoms. The van der Waals surface area contributed by atoms with Crippen LogP contribution in [0.2, 0.25) is 0 Å². The van der Waals surface area contributed by atoms with Crippen molar-refractivity contribution >= 4 is 9.84 Å². The summed E-state index contributed by atoms with van der Waals surface area (Å²) >= 11 is 0. The lowest BCUT2D eigenvalue weighted by Crippen LogP contribution is -2.07. The van der Waals surface area contributed by atoms with E-state index in [-0.39, 0.29) is 5.75 Å². The fourth-order valence-corrected chi connectivity index (χ4v) is 1.79. The monoisotopic (exact) mass is 202 g/mol. The second kappa shape index (κ2) is 3.91. The van der Waals surface area contributed by atoms with E-state index in [2.05, 4.69) is 4.98 Å². The van der Waals surface area contributed by atoms with Gasteiger partial charge in [-0.05, 0) is 13.3 Å². The molecule has 4 nitrogen and oxygen atoms in total. The molecule has 0 aliphatic rings. The quantitative estimate of drug-likeness (QED) is 0.719. The smallest absolute Gasteiger partial charge is 0.147 e. The van der Waals surface area contributed by atoms with Crippen molar-refractivity contribution in [3.8, 4) is 0 Å². The highest BCUT2D eigenvalue weighted by molar-refractivity contribution is 7.90. The van der Waals surface area contributed by atoms with Crippen LogP contribution in [0.3, 0.4) is 0 Å². The van der Waals surface area contributed by atoms with Crippen LogP contribution in [0.1, 0.15) is 12.2 Å². The predicted molar refractivity (Wildman–Crippen MR) is 51.3 cm³/mol. The average Bonchev–Trinajstić information content (AvgIpc) is 2.34. The molecule has 1 aromatic heterocycles. The summed E-state index contributed by atoms with van der Waals surface area (Å²) < 4.78 is 23.6. The summed E-state index contributed by atoms with van der Waals surface area (Å²) in [5, 5.41) is 0. The molecule has 1 aromatic rings. The van der Waals surface area contributed by atoms with E-state index < -0.39 is 9.84 Å². The number of imidazole rings is 1. The van der Waals surface area contributed by atoms with Crippen LogP contribution >= 0.6 is 0 Å². The fourth-order valence-electron chi connectivity index (χ4n) is 1.14. The number of sulfone groups is 1. The highest BCUT2D eigenvalue weighted by atomic mass is 32.2. The Morgan fingerprint density at radius 2 is 2.23 bits per heavy atom. The Morgan fingerprint density at radius 3 is 2.69 bits per heavy atom. The molecule has 0 bridgehead atoms. The lowest BCUT2D eigenvalue weighted by Gasteiger charge is -2.03. The van der Waals surface area contributed by atoms with Gasteiger partial charge in [0.25, 0.3) is 0 Å². The molecule has 5 heteroatoms. The summed E-state index contributed by atoms with van der Waals surface area (Å²) in [4.78, 5) is 4.05. The Morgan fingerprint density at radius 1 is 1.54 bits per heavy atom. The maximum Gasteiger partial charge on any atom is 0.147 e. The van der Waals surface area contributed by atoms with E-state index in [1.807, 2.05) is 17.7 Å². The SMILES string of the molecule is Cc1nccn1CCCS(C)(=O)=O. The summed E-state index contributed by atoms with van der Waals surface area (Å²) in [5.41, 5.74) is 0. The van der Waals surface area contributed by atoms with Crippen molar-refractivity contribution in [2.75, 3.05) is 12.0 Å². The third kappa shape index (κ3) is 3.59. The van der Waals surface area contributed by atoms with E-state index in [0.717, 1.165) is 12.4 Å². The Labute approximate surface area is 78.5 Å². The van der Waals surface area contributed by atoms with E-state index in [1.54, 1.807) is 6.20 Å². The van der Waals surface area contributed by atoms with Gasteiger partial charge in [-0.2, -0.15) is 0 Å². The van der Waals surface area contributed by atoms with E-state index in [1.165, 1.54) is 6.26 Å². The van der Waals surface area contributed by atoms with Crippen LogP contribution in [0.15, 0.2) is 12.4 Å². The van der Waals surface area contributed by atoms with Crippen molar-refractivity contribution < 1.29 is 8.42 Å². The van der Waals surface area contributed by atoms with Crippen LogP contribution in [0.25, 0.3) is 0 Å². The Balaban J connectivity index is 2.41. The van der Waals surface area contributed by atoms with Crippen LogP contribution in [0.5, 0.6) is 0 Å². The molecule has 0 N–H and O–H groups in total. The molecule has 0 fully saturated rings. The number of aryl methyl sites for hydroxylation is 2. The first-order chi connectivity index (χ1) is 5.99. The molecule has 0 amide bonds. The van der Waals surface area contributed by atoms with Gasteiger partial charge in [0, 0.05) is 25.2 Å². The normalized spacial score (nSPS) is 11.8. The molecule has 0 saturated carbocycles. The molecule has 0 aliphatic heterocycles. The Kier molecular flexibility index (Phi) is 3.08. The largest absolute Gasteiger partial charge is 0.335 e. The van der Waals surface area contributed by atoms with Gasteiger partial charge in [-0.15, -0.1) is 0 Å². The minimum Gasteiger partial charge on any atom is -0.335 e. The minimum atomic E-state index is -2.82. The maximum atomic E-state index is 10.8. The lowest BCUT2D eigenvalue weighted by molar-refractivity contribution is 0.590. The molecule has 0 aliphatic carbocycles. The van der Waals surface area contributed by atoms with Gasteiger partial charge in [-0.25, -0.2) is 13.4 Å². The third-order valence-corrected chi connectivity index (χ3v) is 2.87. The topological polar surface area (TPSA) is 52.0 Å². The number of aromatic nitrogens is 2. The van der Waals surface area contributed by atoms with Crippen molar-refractivity contribution in [1.29, 1.82) is 0 Å². The zero-order valence-electron chi connectivity index (χ0n) is 7.90. The van der Waals surface area contributed by atoms with Crippen LogP contribution in [-0.2, 0) is 16.4 Å². The van der Waals surface area contributed by atoms with E-state index in [0.29, 0.717) is 6.42 Å². The van der Waals surface area contributed by atoms with Gasteiger partial charge in [0.2, 0.25) is 0 Å². The van der Waals surface area contributed by atoms with Crippen molar-refractivity contribution in [3.63, 3.8) is 0 Å². The first-order valence-electron chi connectivity index (χ1n) is 4.14. The zero-order valence-corrected chi connectivity index (χ0v) is 8.71. The highest BCUT2D eigenvalue weighted by Crippen LogP contribution is 1.98. The van der Waals surface area contributed by atoms with Gasteiger partial charge in [-0.3, -0.25) is 0 Å². The minimum absolute atomic E-state index is 0.241. The molecule has 0 saturated heterocycles. The van der Waals surface area contributed by atoms with Crippen LogP contribution < -0.4 is 0 Å². The van der Waals surface area contributed by atoms with Gasteiger partial charge in [0.1, 0.15) is 15.7 Å². The predicted octanol–water partition coefficient (Wildman–Crippen LogP) is 0.626. The number of nitrogens with zero attached hydrogens (tertiary/aromatic N) is 2. The summed E-state index contributed by atoms with van der Waals surface area (Å²) in [6.45, 7) is 2.62. The third-order valence-electron chi connectivity index (χ3n) is 1.84. The highest BCUT2D eigenvalue weighted by Gasteiger charge is 2.02. The second-order valence-corrected chi connectivity index (χ2v) is 5.41. The summed E-state index contributed by atoms with van der Waals surface area (Å²) in [6, 6.07) is 0. The van der Waals surface area contributed by atoms with Crippen molar-refractivity contribution in [1.82, 2.24) is 9.55 Å². The molecular formula is C8H14N2O2S. The standard InChI is InChI=1S/C8H14N2O2S/c1-8-9-4-6-10(8)5-3-7-13(2,11)12/h4,6H,3,5,7H2,1-2H3. The van der Waals surface area contributed by atoms with Crippen molar-refractivity contribution in [3.05, 3.63) is 18.2 Å². The summed E-state index contributed by atoms with van der Waals surface area (Å²) in [6.07, 6.45) is 5.48. The molecular weight excluding hydrogens is 188 g/mol. The molecule has 74 valence electrons. The van der Waals surface area contributed by atoms with Gasteiger partial charge in [-0.1, -0.05) is 0 Å². The molecule has 0 spiro atoms. The molecule has 0 aromatic carbocycles. The second-order valence-electron chi connectivity index (χ2n) is 3.15. The molecule has 0 atom stereocenters. The first kappa shape index (κ1) is 10.2. The number of hydrogen-bond donors (Lipinski definition) is 0. The van der Waals surface area contributed by atoms with Gasteiger partial charge >= 0.3 is 0 Å². The van der Waals surface area contributed by atoms with E-state index in [4.69, 9.17) is 0 Å². The average molecular weight is 202 g/mol. The van der Waals surface area contributed by atoms with Crippen molar-refractivity contribution in [2.24, 2.45) is 0 Å². The molecule has 1 heterocycles. The Hall–Kier alpha value is -0.840. The summed E-state index contributed by atoms with van der Waals surface area (Å²) in [5.74, 6) is 1.17. The first-order valence-corrected chi connectivity index (χ1v) is 6.20. The molecule has 0 radical (unpaired) electrons. The Bertz CT molecular complexity index is 367. The molecule has 0 unspecified atom stereocenters. The summed E-state index contributed by atoms with van der Waals surface area (Å²) in [7, 11) is -2.82. The van der Waals surface area contributed by atoms with Crippen LogP contribution in [-0.4, -0.2) is 30.0 Å². The van der Waals surface area contributed by atoms with Gasteiger partial charge < -0.3 is 4.57 Å². The van der Waals surface area contributed by atoms with Gasteiger partial charge in [0.05, 0.1) is 5.75 Å². The number of hydrogen-bond acceptors (Lipinski definition) is 3. The fraction of sp³-hybridized carbons (Fsp3) is 0.625. The molecule has 1 rings (SSSR count). The van der Waals surface area contributed by atoms with E-state index in [9.17, 15) is 8.42 Å². The number of rotatable bonds is 4. The lowest BCUT2D eigenvalue weighted by atomic mass is 10.4. The van der Waals surface area contributed by atoms with Crippen LogP contribution in [0, 0.1) is 6.92 Å². The van der Waals surface area contributed by atoms with Crippen LogP contribution in [0.4, 0.5) is 0 Å². The zero-order chi connectivity index (χ0) is 9.90. The maximum absolute atomic E-state index is 10.8.